The Hall–Kier alpha value is -1.69. The van der Waals surface area contributed by atoms with Crippen molar-refractivity contribution in [3.63, 3.8) is 0 Å². The number of rotatable bonds is 7. The molecule has 1 fully saturated rings. The molecule has 0 atom stereocenters. The summed E-state index contributed by atoms with van der Waals surface area (Å²) in [5.41, 5.74) is 2.01. The first kappa shape index (κ1) is 16.2. The van der Waals surface area contributed by atoms with Crippen LogP contribution in [0.5, 0.6) is 0 Å². The first-order chi connectivity index (χ1) is 11.3. The van der Waals surface area contributed by atoms with Crippen LogP contribution in [0.2, 0.25) is 0 Å². The molecule has 1 aromatic carbocycles. The van der Waals surface area contributed by atoms with Gasteiger partial charge in [-0.15, -0.1) is 0 Å². The second-order valence-electron chi connectivity index (χ2n) is 5.81. The molecule has 0 bridgehead atoms. The minimum absolute atomic E-state index is 0.784. The highest BCUT2D eigenvalue weighted by molar-refractivity contribution is 5.57. The van der Waals surface area contributed by atoms with Crippen molar-refractivity contribution in [3.8, 4) is 11.3 Å². The Bertz CT molecular complexity index is 577. The molecule has 1 aliphatic heterocycles. The predicted octanol–water partition coefficient (Wildman–Crippen LogP) is 2.50. The Morgan fingerprint density at radius 1 is 1.09 bits per heavy atom. The second kappa shape index (κ2) is 8.24. The highest BCUT2D eigenvalue weighted by atomic mass is 16.5. The third kappa shape index (κ3) is 4.64. The quantitative estimate of drug-likeness (QED) is 0.734. The van der Waals surface area contributed by atoms with Crippen molar-refractivity contribution >= 4 is 0 Å². The normalized spacial score (nSPS) is 16.7. The summed E-state index contributed by atoms with van der Waals surface area (Å²) >= 11 is 0. The van der Waals surface area contributed by atoms with Crippen LogP contribution in [0, 0.1) is 0 Å². The average molecular weight is 315 g/mol. The van der Waals surface area contributed by atoms with Crippen molar-refractivity contribution in [2.45, 2.75) is 13.5 Å². The molecular formula is C18H25N3O2. The summed E-state index contributed by atoms with van der Waals surface area (Å²) in [5, 5.41) is 0. The van der Waals surface area contributed by atoms with E-state index in [9.17, 15) is 0 Å². The number of hydrogen-bond acceptors (Lipinski definition) is 5. The number of aromatic nitrogens is 1. The van der Waals surface area contributed by atoms with Crippen molar-refractivity contribution in [1.82, 2.24) is 14.8 Å². The Morgan fingerprint density at radius 3 is 2.57 bits per heavy atom. The molecule has 1 saturated heterocycles. The van der Waals surface area contributed by atoms with E-state index < -0.39 is 0 Å². The lowest BCUT2D eigenvalue weighted by Crippen LogP contribution is -2.46. The van der Waals surface area contributed by atoms with Crippen molar-refractivity contribution in [1.29, 1.82) is 0 Å². The molecule has 0 unspecified atom stereocenters. The van der Waals surface area contributed by atoms with Gasteiger partial charge in [0.2, 0.25) is 5.89 Å². The van der Waals surface area contributed by atoms with Crippen LogP contribution >= 0.6 is 0 Å². The minimum atomic E-state index is 0.784. The number of ether oxygens (including phenoxy) is 1. The zero-order valence-corrected chi connectivity index (χ0v) is 13.8. The zero-order chi connectivity index (χ0) is 15.9. The number of hydrogen-bond donors (Lipinski definition) is 0. The van der Waals surface area contributed by atoms with Gasteiger partial charge in [-0.2, -0.15) is 0 Å². The van der Waals surface area contributed by atoms with Crippen LogP contribution in [-0.4, -0.2) is 60.7 Å². The molecule has 0 N–H and O–H groups in total. The molecule has 0 spiro atoms. The van der Waals surface area contributed by atoms with Crippen molar-refractivity contribution < 1.29 is 9.15 Å². The van der Waals surface area contributed by atoms with Crippen LogP contribution < -0.4 is 0 Å². The Kier molecular flexibility index (Phi) is 5.80. The Labute approximate surface area is 137 Å². The summed E-state index contributed by atoms with van der Waals surface area (Å²) in [6.45, 7) is 9.75. The Balaban J connectivity index is 1.47. The standard InChI is InChI=1S/C18H25N3O2/c1-2-22-13-12-20-8-10-21(11-9-20)14-18-19-17(15-23-18)16-6-4-3-5-7-16/h3-7,15H,2,8-14H2,1H3. The molecular weight excluding hydrogens is 290 g/mol. The van der Waals surface area contributed by atoms with E-state index in [0.29, 0.717) is 0 Å². The van der Waals surface area contributed by atoms with E-state index in [0.717, 1.165) is 69.6 Å². The van der Waals surface area contributed by atoms with Crippen LogP contribution in [0.4, 0.5) is 0 Å². The van der Waals surface area contributed by atoms with E-state index in [4.69, 9.17) is 9.15 Å². The summed E-state index contributed by atoms with van der Waals surface area (Å²) in [4.78, 5) is 9.47. The van der Waals surface area contributed by atoms with Crippen LogP contribution in [0.3, 0.4) is 0 Å². The maximum absolute atomic E-state index is 5.64. The molecule has 5 nitrogen and oxygen atoms in total. The number of nitrogens with zero attached hydrogens (tertiary/aromatic N) is 3. The summed E-state index contributed by atoms with van der Waals surface area (Å²) < 4.78 is 11.1. The topological polar surface area (TPSA) is 41.7 Å². The smallest absolute Gasteiger partial charge is 0.208 e. The van der Waals surface area contributed by atoms with Gasteiger partial charge < -0.3 is 9.15 Å². The molecule has 124 valence electrons. The fourth-order valence-electron chi connectivity index (χ4n) is 2.83. The maximum atomic E-state index is 5.64. The van der Waals surface area contributed by atoms with E-state index in [1.807, 2.05) is 25.1 Å². The summed E-state index contributed by atoms with van der Waals surface area (Å²) in [7, 11) is 0. The van der Waals surface area contributed by atoms with Gasteiger partial charge in [-0.1, -0.05) is 30.3 Å². The molecule has 0 aliphatic carbocycles. The van der Waals surface area contributed by atoms with Gasteiger partial charge in [0.1, 0.15) is 12.0 Å². The third-order valence-electron chi connectivity index (χ3n) is 4.20. The maximum Gasteiger partial charge on any atom is 0.208 e. The molecule has 3 rings (SSSR count). The van der Waals surface area contributed by atoms with Gasteiger partial charge in [-0.25, -0.2) is 4.98 Å². The van der Waals surface area contributed by atoms with E-state index >= 15 is 0 Å². The fraction of sp³-hybridized carbons (Fsp3) is 0.500. The van der Waals surface area contributed by atoms with Gasteiger partial charge in [0.15, 0.2) is 0 Å². The van der Waals surface area contributed by atoms with E-state index in [1.54, 1.807) is 6.26 Å². The van der Waals surface area contributed by atoms with Crippen LogP contribution in [-0.2, 0) is 11.3 Å². The largest absolute Gasteiger partial charge is 0.447 e. The van der Waals surface area contributed by atoms with Gasteiger partial charge in [-0.3, -0.25) is 9.80 Å². The van der Waals surface area contributed by atoms with E-state index in [2.05, 4.69) is 26.9 Å². The first-order valence-corrected chi connectivity index (χ1v) is 8.37. The average Bonchev–Trinajstić information content (AvgIpc) is 3.06. The SMILES string of the molecule is CCOCCN1CCN(Cc2nc(-c3ccccc3)co2)CC1. The second-order valence-corrected chi connectivity index (χ2v) is 5.81. The lowest BCUT2D eigenvalue weighted by atomic mass is 10.2. The highest BCUT2D eigenvalue weighted by Crippen LogP contribution is 2.19. The number of oxazole rings is 1. The molecule has 0 saturated carbocycles. The highest BCUT2D eigenvalue weighted by Gasteiger charge is 2.18. The van der Waals surface area contributed by atoms with Gasteiger partial charge in [0.05, 0.1) is 13.2 Å². The van der Waals surface area contributed by atoms with Gasteiger partial charge in [0.25, 0.3) is 0 Å². The van der Waals surface area contributed by atoms with Gasteiger partial charge in [0, 0.05) is 44.9 Å². The molecule has 1 aromatic heterocycles. The van der Waals surface area contributed by atoms with Crippen LogP contribution in [0.1, 0.15) is 12.8 Å². The van der Waals surface area contributed by atoms with Crippen LogP contribution in [0.25, 0.3) is 11.3 Å². The number of benzene rings is 1. The fourth-order valence-corrected chi connectivity index (χ4v) is 2.83. The van der Waals surface area contributed by atoms with Crippen molar-refractivity contribution in [2.24, 2.45) is 0 Å². The van der Waals surface area contributed by atoms with Gasteiger partial charge in [-0.05, 0) is 6.92 Å². The third-order valence-corrected chi connectivity index (χ3v) is 4.20. The van der Waals surface area contributed by atoms with Crippen molar-refractivity contribution in [2.75, 3.05) is 45.9 Å². The van der Waals surface area contributed by atoms with E-state index in [1.165, 1.54) is 0 Å². The number of piperazine rings is 1. The lowest BCUT2D eigenvalue weighted by Gasteiger charge is -2.33. The zero-order valence-electron chi connectivity index (χ0n) is 13.8. The molecule has 2 aromatic rings. The molecule has 0 radical (unpaired) electrons. The monoisotopic (exact) mass is 315 g/mol. The summed E-state index contributed by atoms with van der Waals surface area (Å²) in [5.74, 6) is 0.798. The molecule has 0 amide bonds. The molecule has 5 heteroatoms. The summed E-state index contributed by atoms with van der Waals surface area (Å²) in [6, 6.07) is 10.2. The van der Waals surface area contributed by atoms with Gasteiger partial charge >= 0.3 is 0 Å². The Morgan fingerprint density at radius 2 is 1.83 bits per heavy atom. The van der Waals surface area contributed by atoms with Crippen molar-refractivity contribution in [3.05, 3.63) is 42.5 Å². The van der Waals surface area contributed by atoms with Crippen LogP contribution in [0.15, 0.2) is 41.0 Å². The predicted molar refractivity (Wildman–Crippen MR) is 90.1 cm³/mol. The minimum Gasteiger partial charge on any atom is -0.447 e. The molecule has 23 heavy (non-hydrogen) atoms. The summed E-state index contributed by atoms with van der Waals surface area (Å²) in [6.07, 6.45) is 1.75. The van der Waals surface area contributed by atoms with E-state index in [-0.39, 0.29) is 0 Å². The molecule has 1 aliphatic rings. The first-order valence-electron chi connectivity index (χ1n) is 8.37. The molecule has 2 heterocycles. The lowest BCUT2D eigenvalue weighted by molar-refractivity contribution is 0.0757.